The van der Waals surface area contributed by atoms with E-state index in [-0.39, 0.29) is 12.5 Å². The van der Waals surface area contributed by atoms with Gasteiger partial charge in [-0.1, -0.05) is 25.4 Å². The van der Waals surface area contributed by atoms with Crippen molar-refractivity contribution < 1.29 is 14.3 Å². The molecule has 1 N–H and O–H groups in total. The molecule has 1 aliphatic heterocycles. The topological polar surface area (TPSA) is 50.8 Å². The highest BCUT2D eigenvalue weighted by Crippen LogP contribution is 2.15. The van der Waals surface area contributed by atoms with Gasteiger partial charge in [0.15, 0.2) is 6.61 Å². The number of ether oxygens (including phenoxy) is 2. The molecule has 1 aromatic carbocycles. The molecule has 0 aliphatic carbocycles. The van der Waals surface area contributed by atoms with E-state index in [2.05, 4.69) is 24.1 Å². The Bertz CT molecular complexity index is 487. The van der Waals surface area contributed by atoms with E-state index in [1.54, 1.807) is 24.3 Å². The van der Waals surface area contributed by atoms with Crippen LogP contribution >= 0.6 is 11.6 Å². The average molecular weight is 341 g/mol. The normalized spacial score (nSPS) is 17.0. The van der Waals surface area contributed by atoms with Gasteiger partial charge in [-0.2, -0.15) is 0 Å². The van der Waals surface area contributed by atoms with Gasteiger partial charge < -0.3 is 14.8 Å². The quantitative estimate of drug-likeness (QED) is 0.826. The first kappa shape index (κ1) is 18.0. The minimum atomic E-state index is -0.112. The predicted molar refractivity (Wildman–Crippen MR) is 91.0 cm³/mol. The van der Waals surface area contributed by atoms with Crippen LogP contribution in [-0.2, 0) is 9.53 Å². The number of nitrogens with one attached hydrogen (secondary N) is 1. The van der Waals surface area contributed by atoms with Crippen molar-refractivity contribution in [3.8, 4) is 5.75 Å². The van der Waals surface area contributed by atoms with Crippen molar-refractivity contribution in [1.29, 1.82) is 0 Å². The van der Waals surface area contributed by atoms with Gasteiger partial charge in [-0.15, -0.1) is 0 Å². The second kappa shape index (κ2) is 9.11. The summed E-state index contributed by atoms with van der Waals surface area (Å²) < 4.78 is 10.8. The SMILES string of the molecule is CC(C)C(CNC(=O)COc1ccc(Cl)cc1)N1CCOCC1. The van der Waals surface area contributed by atoms with Gasteiger partial charge in [-0.3, -0.25) is 9.69 Å². The van der Waals surface area contributed by atoms with Crippen molar-refractivity contribution in [2.24, 2.45) is 5.92 Å². The number of halogens is 1. The van der Waals surface area contributed by atoms with Crippen LogP contribution in [0.3, 0.4) is 0 Å². The van der Waals surface area contributed by atoms with Crippen LogP contribution in [0.1, 0.15) is 13.8 Å². The summed E-state index contributed by atoms with van der Waals surface area (Å²) >= 11 is 5.81. The van der Waals surface area contributed by atoms with Crippen molar-refractivity contribution >= 4 is 17.5 Å². The van der Waals surface area contributed by atoms with Crippen molar-refractivity contribution in [3.05, 3.63) is 29.3 Å². The molecule has 2 rings (SSSR count). The molecule has 23 heavy (non-hydrogen) atoms. The molecule has 0 spiro atoms. The Kier molecular flexibility index (Phi) is 7.15. The van der Waals surface area contributed by atoms with E-state index in [1.165, 1.54) is 0 Å². The Morgan fingerprint density at radius 1 is 1.30 bits per heavy atom. The molecule has 0 aromatic heterocycles. The third-order valence-corrected chi connectivity index (χ3v) is 4.23. The van der Waals surface area contributed by atoms with Crippen LogP contribution in [0.4, 0.5) is 0 Å². The summed E-state index contributed by atoms with van der Waals surface area (Å²) in [6, 6.07) is 7.29. The molecule has 1 atom stereocenters. The number of nitrogens with zero attached hydrogens (tertiary/aromatic N) is 1. The van der Waals surface area contributed by atoms with Crippen LogP contribution in [0.5, 0.6) is 5.75 Å². The lowest BCUT2D eigenvalue weighted by Crippen LogP contribution is -2.51. The maximum Gasteiger partial charge on any atom is 0.257 e. The molecule has 0 bridgehead atoms. The summed E-state index contributed by atoms with van der Waals surface area (Å²) in [6.45, 7) is 8.34. The van der Waals surface area contributed by atoms with E-state index in [9.17, 15) is 4.79 Å². The second-order valence-corrected chi connectivity index (χ2v) is 6.44. The lowest BCUT2D eigenvalue weighted by Gasteiger charge is -2.36. The fraction of sp³-hybridized carbons (Fsp3) is 0.588. The van der Waals surface area contributed by atoms with Gasteiger partial charge in [-0.25, -0.2) is 0 Å². The first-order valence-electron chi connectivity index (χ1n) is 8.03. The van der Waals surface area contributed by atoms with E-state index in [1.807, 2.05) is 0 Å². The lowest BCUT2D eigenvalue weighted by molar-refractivity contribution is -0.123. The van der Waals surface area contributed by atoms with Crippen LogP contribution in [0, 0.1) is 5.92 Å². The highest BCUT2D eigenvalue weighted by Gasteiger charge is 2.24. The van der Waals surface area contributed by atoms with Crippen molar-refractivity contribution in [2.45, 2.75) is 19.9 Å². The van der Waals surface area contributed by atoms with Gasteiger partial charge in [0.2, 0.25) is 0 Å². The number of carbonyl (C=O) groups excluding carboxylic acids is 1. The van der Waals surface area contributed by atoms with Crippen LogP contribution in [0.25, 0.3) is 0 Å². The minimum Gasteiger partial charge on any atom is -0.484 e. The largest absolute Gasteiger partial charge is 0.484 e. The summed E-state index contributed by atoms with van der Waals surface area (Å²) in [7, 11) is 0. The van der Waals surface area contributed by atoms with E-state index in [0.717, 1.165) is 26.3 Å². The molecule has 1 aromatic rings. The molecular weight excluding hydrogens is 316 g/mol. The Labute approximate surface area is 142 Å². The van der Waals surface area contributed by atoms with E-state index >= 15 is 0 Å². The van der Waals surface area contributed by atoms with Gasteiger partial charge in [0, 0.05) is 30.7 Å². The third-order valence-electron chi connectivity index (χ3n) is 3.98. The summed E-state index contributed by atoms with van der Waals surface area (Å²) in [5.74, 6) is 0.989. The summed E-state index contributed by atoms with van der Waals surface area (Å²) in [4.78, 5) is 14.4. The first-order valence-corrected chi connectivity index (χ1v) is 8.41. The Morgan fingerprint density at radius 3 is 2.57 bits per heavy atom. The second-order valence-electron chi connectivity index (χ2n) is 6.01. The molecule has 0 radical (unpaired) electrons. The number of morpholine rings is 1. The molecule has 128 valence electrons. The van der Waals surface area contributed by atoms with Crippen molar-refractivity contribution in [2.75, 3.05) is 39.5 Å². The zero-order valence-electron chi connectivity index (χ0n) is 13.8. The van der Waals surface area contributed by atoms with Gasteiger partial charge in [0.1, 0.15) is 5.75 Å². The average Bonchev–Trinajstić information content (AvgIpc) is 2.55. The number of rotatable bonds is 7. The number of hydrogen-bond acceptors (Lipinski definition) is 4. The van der Waals surface area contributed by atoms with Gasteiger partial charge >= 0.3 is 0 Å². The van der Waals surface area contributed by atoms with E-state index in [4.69, 9.17) is 21.1 Å². The van der Waals surface area contributed by atoms with Gasteiger partial charge in [0.05, 0.1) is 13.2 Å². The van der Waals surface area contributed by atoms with Crippen LogP contribution in [0.2, 0.25) is 5.02 Å². The number of hydrogen-bond donors (Lipinski definition) is 1. The standard InChI is InChI=1S/C17H25ClN2O3/c1-13(2)16(20-7-9-22-10-8-20)11-19-17(21)12-23-15-5-3-14(18)4-6-15/h3-6,13,16H,7-12H2,1-2H3,(H,19,21). The molecule has 6 heteroatoms. The van der Waals surface area contributed by atoms with Crippen LogP contribution < -0.4 is 10.1 Å². The Hall–Kier alpha value is -1.30. The maximum absolute atomic E-state index is 12.0. The molecule has 1 saturated heterocycles. The number of benzene rings is 1. The fourth-order valence-corrected chi connectivity index (χ4v) is 2.77. The van der Waals surface area contributed by atoms with Gasteiger partial charge in [-0.05, 0) is 30.2 Å². The molecular formula is C17H25ClN2O3. The Balaban J connectivity index is 1.75. The molecule has 0 saturated carbocycles. The predicted octanol–water partition coefficient (Wildman–Crippen LogP) is 2.19. The number of amides is 1. The molecule has 1 heterocycles. The molecule has 1 amide bonds. The third kappa shape index (κ3) is 6.01. The smallest absolute Gasteiger partial charge is 0.257 e. The van der Waals surface area contributed by atoms with Crippen LogP contribution in [-0.4, -0.2) is 56.3 Å². The highest BCUT2D eigenvalue weighted by atomic mass is 35.5. The van der Waals surface area contributed by atoms with E-state index < -0.39 is 0 Å². The monoisotopic (exact) mass is 340 g/mol. The lowest BCUT2D eigenvalue weighted by atomic mass is 10.0. The molecule has 1 fully saturated rings. The summed E-state index contributed by atoms with van der Waals surface area (Å²) in [5.41, 5.74) is 0. The van der Waals surface area contributed by atoms with Crippen molar-refractivity contribution in [3.63, 3.8) is 0 Å². The zero-order valence-corrected chi connectivity index (χ0v) is 14.5. The van der Waals surface area contributed by atoms with Crippen LogP contribution in [0.15, 0.2) is 24.3 Å². The highest BCUT2D eigenvalue weighted by molar-refractivity contribution is 6.30. The summed E-state index contributed by atoms with van der Waals surface area (Å²) in [6.07, 6.45) is 0. The summed E-state index contributed by atoms with van der Waals surface area (Å²) in [5, 5.41) is 3.62. The number of carbonyl (C=O) groups is 1. The Morgan fingerprint density at radius 2 is 1.96 bits per heavy atom. The van der Waals surface area contributed by atoms with E-state index in [0.29, 0.717) is 29.3 Å². The first-order chi connectivity index (χ1) is 11.1. The maximum atomic E-state index is 12.0. The minimum absolute atomic E-state index is 0.00948. The molecule has 5 nitrogen and oxygen atoms in total. The van der Waals surface area contributed by atoms with Crippen molar-refractivity contribution in [1.82, 2.24) is 10.2 Å². The van der Waals surface area contributed by atoms with Gasteiger partial charge in [0.25, 0.3) is 5.91 Å². The zero-order chi connectivity index (χ0) is 16.7. The molecule has 1 aliphatic rings. The molecule has 1 unspecified atom stereocenters. The fourth-order valence-electron chi connectivity index (χ4n) is 2.64.